The molecule has 0 aromatic carbocycles. The summed E-state index contributed by atoms with van der Waals surface area (Å²) in [4.78, 5) is 0. The molecule has 1 aliphatic rings. The topological polar surface area (TPSA) is 30.5 Å². The summed E-state index contributed by atoms with van der Waals surface area (Å²) >= 11 is -0.0613. The second-order valence-corrected chi connectivity index (χ2v) is 4.23. The first-order valence-corrected chi connectivity index (χ1v) is 5.67. The van der Waals surface area contributed by atoms with Gasteiger partial charge in [-0.05, 0) is 11.8 Å². The molecule has 1 atom stereocenters. The van der Waals surface area contributed by atoms with Gasteiger partial charge in [0.25, 0.3) is 0 Å². The quantitative estimate of drug-likeness (QED) is 0.738. The highest BCUT2D eigenvalue weighted by atomic mass is 32.2. The molecule has 7 heteroatoms. The molecule has 1 saturated heterocycles. The molecule has 1 unspecified atom stereocenters. The van der Waals surface area contributed by atoms with E-state index in [-0.39, 0.29) is 30.2 Å². The standard InChI is InChI=1S/C8H14F3NO2S/c9-8(10,11)15-4-3-13-6-7-5-12-1-2-14-7/h7,12H,1-6H2. The van der Waals surface area contributed by atoms with Crippen molar-refractivity contribution in [1.29, 1.82) is 0 Å². The van der Waals surface area contributed by atoms with Gasteiger partial charge in [0.15, 0.2) is 0 Å². The van der Waals surface area contributed by atoms with Gasteiger partial charge >= 0.3 is 5.51 Å². The van der Waals surface area contributed by atoms with Gasteiger partial charge in [0, 0.05) is 18.8 Å². The van der Waals surface area contributed by atoms with Crippen LogP contribution in [-0.2, 0) is 9.47 Å². The summed E-state index contributed by atoms with van der Waals surface area (Å²) in [5, 5.41) is 3.11. The Labute approximate surface area is 90.7 Å². The molecular formula is C8H14F3NO2S. The van der Waals surface area contributed by atoms with Crippen molar-refractivity contribution in [2.45, 2.75) is 11.6 Å². The predicted octanol–water partition coefficient (Wildman–Crippen LogP) is 1.24. The van der Waals surface area contributed by atoms with Crippen molar-refractivity contribution in [2.75, 3.05) is 38.7 Å². The average Bonchev–Trinajstić information content (AvgIpc) is 2.17. The van der Waals surface area contributed by atoms with E-state index in [4.69, 9.17) is 9.47 Å². The van der Waals surface area contributed by atoms with Gasteiger partial charge in [-0.2, -0.15) is 13.2 Å². The fourth-order valence-corrected chi connectivity index (χ4v) is 1.59. The van der Waals surface area contributed by atoms with Crippen LogP contribution in [0.4, 0.5) is 13.2 Å². The maximum absolute atomic E-state index is 11.7. The maximum Gasteiger partial charge on any atom is 0.441 e. The van der Waals surface area contributed by atoms with Crippen LogP contribution in [0.1, 0.15) is 0 Å². The lowest BCUT2D eigenvalue weighted by Crippen LogP contribution is -2.41. The van der Waals surface area contributed by atoms with E-state index >= 15 is 0 Å². The number of rotatable bonds is 5. The predicted molar refractivity (Wildman–Crippen MR) is 51.9 cm³/mol. The van der Waals surface area contributed by atoms with Crippen molar-refractivity contribution < 1.29 is 22.6 Å². The molecular weight excluding hydrogens is 231 g/mol. The van der Waals surface area contributed by atoms with E-state index in [9.17, 15) is 13.2 Å². The van der Waals surface area contributed by atoms with Gasteiger partial charge in [0.2, 0.25) is 0 Å². The summed E-state index contributed by atoms with van der Waals surface area (Å²) in [6, 6.07) is 0. The van der Waals surface area contributed by atoms with Crippen LogP contribution in [0.3, 0.4) is 0 Å². The van der Waals surface area contributed by atoms with Gasteiger partial charge < -0.3 is 14.8 Å². The Morgan fingerprint density at radius 1 is 1.47 bits per heavy atom. The second-order valence-electron chi connectivity index (χ2n) is 3.07. The van der Waals surface area contributed by atoms with Crippen LogP contribution in [0, 0.1) is 0 Å². The molecule has 1 N–H and O–H groups in total. The first kappa shape index (κ1) is 13.1. The Balaban J connectivity index is 1.92. The molecule has 0 spiro atoms. The van der Waals surface area contributed by atoms with Crippen LogP contribution in [0.2, 0.25) is 0 Å². The molecule has 90 valence electrons. The number of hydrogen-bond donors (Lipinski definition) is 1. The lowest BCUT2D eigenvalue weighted by molar-refractivity contribution is -0.0357. The molecule has 0 amide bonds. The molecule has 1 heterocycles. The van der Waals surface area contributed by atoms with Crippen LogP contribution in [-0.4, -0.2) is 50.3 Å². The highest BCUT2D eigenvalue weighted by molar-refractivity contribution is 8.00. The average molecular weight is 245 g/mol. The van der Waals surface area contributed by atoms with Gasteiger partial charge in [0.1, 0.15) is 0 Å². The minimum absolute atomic E-state index is 0.0327. The van der Waals surface area contributed by atoms with E-state index in [0.29, 0.717) is 19.8 Å². The summed E-state index contributed by atoms with van der Waals surface area (Å²) in [6.45, 7) is 2.60. The number of ether oxygens (including phenoxy) is 2. The molecule has 0 radical (unpaired) electrons. The molecule has 0 aromatic heterocycles. The second kappa shape index (κ2) is 6.57. The first-order chi connectivity index (χ1) is 7.08. The Bertz CT molecular complexity index is 174. The van der Waals surface area contributed by atoms with Crippen molar-refractivity contribution in [3.63, 3.8) is 0 Å². The normalized spacial score (nSPS) is 23.0. The lowest BCUT2D eigenvalue weighted by Gasteiger charge is -2.23. The minimum Gasteiger partial charge on any atom is -0.378 e. The van der Waals surface area contributed by atoms with E-state index in [2.05, 4.69) is 5.32 Å². The summed E-state index contributed by atoms with van der Waals surface area (Å²) in [6.07, 6.45) is -0.0327. The molecule has 0 saturated carbocycles. The molecule has 3 nitrogen and oxygen atoms in total. The molecule has 15 heavy (non-hydrogen) atoms. The SMILES string of the molecule is FC(F)(F)SCCOCC1CNCCO1. The van der Waals surface area contributed by atoms with Gasteiger partial charge in [0.05, 0.1) is 25.9 Å². The van der Waals surface area contributed by atoms with Crippen LogP contribution in [0.5, 0.6) is 0 Å². The molecule has 0 aromatic rings. The van der Waals surface area contributed by atoms with E-state index < -0.39 is 5.51 Å². The third kappa shape index (κ3) is 6.99. The molecule has 0 bridgehead atoms. The van der Waals surface area contributed by atoms with E-state index in [1.54, 1.807) is 0 Å². The van der Waals surface area contributed by atoms with Gasteiger partial charge in [-0.15, -0.1) is 0 Å². The highest BCUT2D eigenvalue weighted by Crippen LogP contribution is 2.29. The third-order valence-electron chi connectivity index (χ3n) is 1.80. The Morgan fingerprint density at radius 2 is 2.27 bits per heavy atom. The van der Waals surface area contributed by atoms with Gasteiger partial charge in [-0.1, -0.05) is 0 Å². The number of nitrogens with one attached hydrogen (secondary N) is 1. The first-order valence-electron chi connectivity index (χ1n) is 4.69. The summed E-state index contributed by atoms with van der Waals surface area (Å²) in [5.41, 5.74) is -4.16. The summed E-state index contributed by atoms with van der Waals surface area (Å²) in [5.74, 6) is -0.0658. The maximum atomic E-state index is 11.7. The summed E-state index contributed by atoms with van der Waals surface area (Å²) < 4.78 is 45.5. The van der Waals surface area contributed by atoms with Crippen LogP contribution in [0.25, 0.3) is 0 Å². The van der Waals surface area contributed by atoms with Crippen molar-refractivity contribution in [3.05, 3.63) is 0 Å². The molecule has 0 aliphatic carbocycles. The lowest BCUT2D eigenvalue weighted by atomic mass is 10.3. The van der Waals surface area contributed by atoms with Crippen molar-refractivity contribution >= 4 is 11.8 Å². The van der Waals surface area contributed by atoms with E-state index in [1.807, 2.05) is 0 Å². The zero-order chi connectivity index (χ0) is 11.1. The number of alkyl halides is 3. The Hall–Kier alpha value is 0.0200. The largest absolute Gasteiger partial charge is 0.441 e. The third-order valence-corrected chi connectivity index (χ3v) is 2.50. The zero-order valence-corrected chi connectivity index (χ0v) is 9.00. The Morgan fingerprint density at radius 3 is 2.87 bits per heavy atom. The van der Waals surface area contributed by atoms with Crippen LogP contribution in [0.15, 0.2) is 0 Å². The van der Waals surface area contributed by atoms with Crippen LogP contribution < -0.4 is 5.32 Å². The van der Waals surface area contributed by atoms with Crippen molar-refractivity contribution in [3.8, 4) is 0 Å². The summed E-state index contributed by atoms with van der Waals surface area (Å²) in [7, 11) is 0. The number of thioether (sulfide) groups is 1. The van der Waals surface area contributed by atoms with Gasteiger partial charge in [-0.3, -0.25) is 0 Å². The number of morpholine rings is 1. The monoisotopic (exact) mass is 245 g/mol. The van der Waals surface area contributed by atoms with Gasteiger partial charge in [-0.25, -0.2) is 0 Å². The Kier molecular flexibility index (Phi) is 5.73. The highest BCUT2D eigenvalue weighted by Gasteiger charge is 2.27. The molecule has 1 fully saturated rings. The zero-order valence-electron chi connectivity index (χ0n) is 8.18. The van der Waals surface area contributed by atoms with Crippen molar-refractivity contribution in [2.24, 2.45) is 0 Å². The smallest absolute Gasteiger partial charge is 0.378 e. The van der Waals surface area contributed by atoms with Crippen LogP contribution >= 0.6 is 11.8 Å². The number of hydrogen-bond acceptors (Lipinski definition) is 4. The van der Waals surface area contributed by atoms with E-state index in [1.165, 1.54) is 0 Å². The van der Waals surface area contributed by atoms with Crippen molar-refractivity contribution in [1.82, 2.24) is 5.32 Å². The molecule has 1 aliphatic heterocycles. The fraction of sp³-hybridized carbons (Fsp3) is 1.00. The molecule has 1 rings (SSSR count). The van der Waals surface area contributed by atoms with E-state index in [0.717, 1.165) is 6.54 Å². The number of halogens is 3. The minimum atomic E-state index is -4.16. The fourth-order valence-electron chi connectivity index (χ4n) is 1.16.